The smallest absolute Gasteiger partial charge is 0.0918 e. The summed E-state index contributed by atoms with van der Waals surface area (Å²) in [7, 11) is 2.28. The van der Waals surface area contributed by atoms with E-state index in [-0.39, 0.29) is 0 Å². The van der Waals surface area contributed by atoms with Gasteiger partial charge in [-0.3, -0.25) is 14.9 Å². The molecule has 1 aliphatic carbocycles. The van der Waals surface area contributed by atoms with Crippen LogP contribution >= 0.6 is 0 Å². The fourth-order valence-corrected chi connectivity index (χ4v) is 4.73. The normalized spacial score (nSPS) is 24.4. The summed E-state index contributed by atoms with van der Waals surface area (Å²) in [6, 6.07) is 7.03. The third-order valence-corrected chi connectivity index (χ3v) is 6.01. The molecule has 4 nitrogen and oxygen atoms in total. The Morgan fingerprint density at radius 3 is 2.76 bits per heavy atom. The van der Waals surface area contributed by atoms with E-state index in [2.05, 4.69) is 38.9 Å². The molecule has 0 bridgehead atoms. The molecule has 1 atom stereocenters. The van der Waals surface area contributed by atoms with Crippen molar-refractivity contribution in [2.24, 2.45) is 5.92 Å². The monoisotopic (exact) mass is 338 g/mol. The van der Waals surface area contributed by atoms with Gasteiger partial charge in [-0.05, 0) is 56.0 Å². The lowest BCUT2D eigenvalue weighted by atomic mass is 9.92. The van der Waals surface area contributed by atoms with Crippen molar-refractivity contribution in [2.45, 2.75) is 44.6 Å². The Morgan fingerprint density at radius 2 is 1.88 bits per heavy atom. The van der Waals surface area contributed by atoms with Crippen molar-refractivity contribution in [1.29, 1.82) is 0 Å². The average Bonchev–Trinajstić information content (AvgIpc) is 2.84. The topological polar surface area (TPSA) is 32.3 Å². The van der Waals surface area contributed by atoms with E-state index >= 15 is 0 Å². The maximum absolute atomic E-state index is 4.61. The summed E-state index contributed by atoms with van der Waals surface area (Å²) < 4.78 is 0. The Kier molecular flexibility index (Phi) is 5.28. The van der Waals surface area contributed by atoms with Crippen molar-refractivity contribution in [3.63, 3.8) is 0 Å². The van der Waals surface area contributed by atoms with Crippen molar-refractivity contribution in [2.75, 3.05) is 33.2 Å². The molecule has 0 aromatic carbocycles. The highest BCUT2D eigenvalue weighted by Crippen LogP contribution is 2.26. The van der Waals surface area contributed by atoms with Crippen LogP contribution in [-0.4, -0.2) is 59.0 Å². The van der Waals surface area contributed by atoms with Crippen LogP contribution in [0.2, 0.25) is 0 Å². The zero-order valence-corrected chi connectivity index (χ0v) is 15.4. The Morgan fingerprint density at radius 1 is 1.00 bits per heavy atom. The Hall–Kier alpha value is -1.52. The molecule has 2 fully saturated rings. The minimum absolute atomic E-state index is 0.669. The van der Waals surface area contributed by atoms with Gasteiger partial charge in [-0.15, -0.1) is 0 Å². The van der Waals surface area contributed by atoms with E-state index in [0.29, 0.717) is 5.92 Å². The van der Waals surface area contributed by atoms with E-state index < -0.39 is 0 Å². The number of hydrogen-bond acceptors (Lipinski definition) is 4. The van der Waals surface area contributed by atoms with Gasteiger partial charge in [0, 0.05) is 44.6 Å². The van der Waals surface area contributed by atoms with E-state index in [4.69, 9.17) is 0 Å². The molecule has 1 saturated heterocycles. The minimum atomic E-state index is 0.669. The summed E-state index contributed by atoms with van der Waals surface area (Å²) in [4.78, 5) is 14.4. The molecule has 3 heterocycles. The number of pyridine rings is 2. The highest BCUT2D eigenvalue weighted by Gasteiger charge is 2.27. The van der Waals surface area contributed by atoms with E-state index in [9.17, 15) is 0 Å². The Labute approximate surface area is 151 Å². The summed E-state index contributed by atoms with van der Waals surface area (Å²) in [6.45, 7) is 4.83. The van der Waals surface area contributed by atoms with Gasteiger partial charge in [0.25, 0.3) is 0 Å². The summed E-state index contributed by atoms with van der Waals surface area (Å²) in [5.74, 6) is 0.669. The molecule has 2 aromatic rings. The zero-order chi connectivity index (χ0) is 17.1. The van der Waals surface area contributed by atoms with Crippen LogP contribution in [0.5, 0.6) is 0 Å². The van der Waals surface area contributed by atoms with Gasteiger partial charge in [-0.25, -0.2) is 0 Å². The molecule has 1 aliphatic heterocycles. The molecule has 0 radical (unpaired) electrons. The highest BCUT2D eigenvalue weighted by atomic mass is 15.2. The van der Waals surface area contributed by atoms with E-state index in [1.807, 2.05) is 18.5 Å². The van der Waals surface area contributed by atoms with E-state index in [1.165, 1.54) is 63.8 Å². The zero-order valence-electron chi connectivity index (χ0n) is 15.4. The predicted octanol–water partition coefficient (Wildman–Crippen LogP) is 3.37. The van der Waals surface area contributed by atoms with Crippen LogP contribution in [0, 0.1) is 5.92 Å². The second-order valence-electron chi connectivity index (χ2n) is 7.96. The van der Waals surface area contributed by atoms with Gasteiger partial charge in [-0.1, -0.05) is 19.3 Å². The third kappa shape index (κ3) is 4.01. The maximum Gasteiger partial charge on any atom is 0.0918 e. The van der Waals surface area contributed by atoms with Crippen molar-refractivity contribution >= 4 is 11.0 Å². The first-order valence-electron chi connectivity index (χ1n) is 9.91. The van der Waals surface area contributed by atoms with Gasteiger partial charge in [-0.2, -0.15) is 0 Å². The molecule has 4 heteroatoms. The van der Waals surface area contributed by atoms with Crippen molar-refractivity contribution in [1.82, 2.24) is 19.8 Å². The third-order valence-electron chi connectivity index (χ3n) is 6.01. The summed E-state index contributed by atoms with van der Waals surface area (Å²) in [5.41, 5.74) is 3.46. The lowest BCUT2D eigenvalue weighted by Crippen LogP contribution is -2.40. The minimum Gasteiger partial charge on any atom is -0.305 e. The Balaban J connectivity index is 1.52. The van der Waals surface area contributed by atoms with Crippen LogP contribution in [-0.2, 0) is 6.42 Å². The highest BCUT2D eigenvalue weighted by molar-refractivity contribution is 5.77. The number of rotatable bonds is 3. The first-order valence-corrected chi connectivity index (χ1v) is 9.91. The number of fused-ring (bicyclic) bond motifs is 1. The SMILES string of the molecule is CN1CCN(C2CCCCC2)C[C@H](Cc2ccnc3cccnc23)C1. The van der Waals surface area contributed by atoms with Gasteiger partial charge < -0.3 is 4.90 Å². The standard InChI is InChI=1S/C21H30N4/c1-24-12-13-25(19-6-3-2-4-7-19)16-17(15-24)14-18-9-11-22-20-8-5-10-23-21(18)20/h5,8-11,17,19H,2-4,6-7,12-16H2,1H3/t17-/m1/s1. The fraction of sp³-hybridized carbons (Fsp3) is 0.619. The molecular formula is C21H30N4. The van der Waals surface area contributed by atoms with E-state index in [1.54, 1.807) is 0 Å². The van der Waals surface area contributed by atoms with Gasteiger partial charge in [0.2, 0.25) is 0 Å². The largest absolute Gasteiger partial charge is 0.305 e. The first kappa shape index (κ1) is 16.9. The molecule has 0 spiro atoms. The van der Waals surface area contributed by atoms with Crippen molar-refractivity contribution in [3.8, 4) is 0 Å². The van der Waals surface area contributed by atoms with Gasteiger partial charge >= 0.3 is 0 Å². The molecule has 4 rings (SSSR count). The average molecular weight is 338 g/mol. The van der Waals surface area contributed by atoms with Crippen LogP contribution in [0.4, 0.5) is 0 Å². The van der Waals surface area contributed by atoms with Crippen LogP contribution in [0.1, 0.15) is 37.7 Å². The molecule has 2 aromatic heterocycles. The van der Waals surface area contributed by atoms with Gasteiger partial charge in [0.05, 0.1) is 11.0 Å². The fourth-order valence-electron chi connectivity index (χ4n) is 4.73. The molecule has 2 aliphatic rings. The lowest BCUT2D eigenvalue weighted by Gasteiger charge is -2.35. The van der Waals surface area contributed by atoms with Crippen molar-refractivity contribution in [3.05, 3.63) is 36.2 Å². The Bertz CT molecular complexity index is 690. The second kappa shape index (κ2) is 7.79. The van der Waals surface area contributed by atoms with Gasteiger partial charge in [0.15, 0.2) is 0 Å². The van der Waals surface area contributed by atoms with Crippen LogP contribution in [0.3, 0.4) is 0 Å². The predicted molar refractivity (Wildman–Crippen MR) is 103 cm³/mol. The number of likely N-dealkylation sites (N-methyl/N-ethyl adjacent to an activating group) is 1. The number of hydrogen-bond donors (Lipinski definition) is 0. The van der Waals surface area contributed by atoms with Crippen LogP contribution in [0.25, 0.3) is 11.0 Å². The van der Waals surface area contributed by atoms with Crippen molar-refractivity contribution < 1.29 is 0 Å². The molecule has 134 valence electrons. The number of nitrogens with zero attached hydrogens (tertiary/aromatic N) is 4. The number of aromatic nitrogens is 2. The maximum atomic E-state index is 4.61. The van der Waals surface area contributed by atoms with E-state index in [0.717, 1.165) is 23.5 Å². The molecule has 25 heavy (non-hydrogen) atoms. The molecule has 1 saturated carbocycles. The first-order chi connectivity index (χ1) is 12.3. The summed E-state index contributed by atoms with van der Waals surface area (Å²) >= 11 is 0. The second-order valence-corrected chi connectivity index (χ2v) is 7.96. The van der Waals surface area contributed by atoms with Gasteiger partial charge in [0.1, 0.15) is 0 Å². The lowest BCUT2D eigenvalue weighted by molar-refractivity contribution is 0.148. The van der Waals surface area contributed by atoms with Crippen LogP contribution < -0.4 is 0 Å². The molecule has 0 unspecified atom stereocenters. The molecular weight excluding hydrogens is 308 g/mol. The quantitative estimate of drug-likeness (QED) is 0.859. The summed E-state index contributed by atoms with van der Waals surface area (Å²) in [5, 5.41) is 0. The summed E-state index contributed by atoms with van der Waals surface area (Å²) in [6.07, 6.45) is 12.0. The van der Waals surface area contributed by atoms with Crippen LogP contribution in [0.15, 0.2) is 30.6 Å². The molecule has 0 N–H and O–H groups in total. The molecule has 0 amide bonds.